The van der Waals surface area contributed by atoms with Crippen molar-refractivity contribution < 1.29 is 13.2 Å². The lowest BCUT2D eigenvalue weighted by atomic mass is 9.82. The quantitative estimate of drug-likeness (QED) is 0.856. The summed E-state index contributed by atoms with van der Waals surface area (Å²) in [5.74, 6) is 0.502. The maximum absolute atomic E-state index is 12.9. The summed E-state index contributed by atoms with van der Waals surface area (Å²) >= 11 is 0. The number of anilines is 1. The number of sulfonamides is 1. The minimum Gasteiger partial charge on any atom is -0.312 e. The Labute approximate surface area is 166 Å². The molecule has 0 bridgehead atoms. The van der Waals surface area contributed by atoms with Crippen LogP contribution < -0.4 is 9.62 Å². The van der Waals surface area contributed by atoms with E-state index in [1.165, 1.54) is 12.5 Å². The molecule has 0 atom stereocenters. The van der Waals surface area contributed by atoms with E-state index in [-0.39, 0.29) is 11.9 Å². The molecule has 0 unspecified atom stereocenters. The Bertz CT molecular complexity index is 965. The highest BCUT2D eigenvalue weighted by Crippen LogP contribution is 2.34. The molecular formula is C22H26N2O3S. The van der Waals surface area contributed by atoms with Gasteiger partial charge in [0, 0.05) is 25.2 Å². The number of fused-ring (bicyclic) bond motifs is 1. The van der Waals surface area contributed by atoms with Gasteiger partial charge in [-0.05, 0) is 67.3 Å². The molecule has 0 spiro atoms. The van der Waals surface area contributed by atoms with Crippen molar-refractivity contribution in [1.82, 2.24) is 4.72 Å². The third-order valence-corrected chi connectivity index (χ3v) is 7.48. The van der Waals surface area contributed by atoms with E-state index in [9.17, 15) is 13.2 Å². The van der Waals surface area contributed by atoms with Gasteiger partial charge in [0.25, 0.3) is 0 Å². The summed E-state index contributed by atoms with van der Waals surface area (Å²) in [6.45, 7) is 2.15. The zero-order valence-electron chi connectivity index (χ0n) is 16.1. The summed E-state index contributed by atoms with van der Waals surface area (Å²) in [5.41, 5.74) is 3.10. The second kappa shape index (κ2) is 7.68. The fourth-order valence-electron chi connectivity index (χ4n) is 4.43. The van der Waals surface area contributed by atoms with Crippen molar-refractivity contribution in [3.8, 4) is 0 Å². The normalized spacial score (nSPS) is 22.1. The number of hydrogen-bond donors (Lipinski definition) is 1. The van der Waals surface area contributed by atoms with Crippen LogP contribution in [-0.2, 0) is 21.2 Å². The first-order valence-corrected chi connectivity index (χ1v) is 11.4. The van der Waals surface area contributed by atoms with E-state index >= 15 is 0 Å². The summed E-state index contributed by atoms with van der Waals surface area (Å²) in [6, 6.07) is 15.5. The fraction of sp³-hybridized carbons (Fsp3) is 0.409. The first-order chi connectivity index (χ1) is 13.4. The highest BCUT2D eigenvalue weighted by Gasteiger charge is 2.28. The summed E-state index contributed by atoms with van der Waals surface area (Å²) < 4.78 is 28.7. The molecular weight excluding hydrogens is 372 g/mol. The zero-order chi connectivity index (χ0) is 19.7. The van der Waals surface area contributed by atoms with E-state index in [2.05, 4.69) is 29.0 Å². The summed E-state index contributed by atoms with van der Waals surface area (Å²) in [7, 11) is -3.55. The minimum atomic E-state index is -3.55. The van der Waals surface area contributed by atoms with E-state index in [0.717, 1.165) is 36.9 Å². The summed E-state index contributed by atoms with van der Waals surface area (Å²) in [6.07, 6.45) is 4.38. The number of benzene rings is 2. The SMILES string of the molecule is CC(=O)N1CCc2cc(S(=O)(=O)NC3CCC(c4ccccc4)CC3)ccc21. The van der Waals surface area contributed by atoms with Gasteiger partial charge in [-0.25, -0.2) is 13.1 Å². The van der Waals surface area contributed by atoms with Gasteiger partial charge in [-0.2, -0.15) is 0 Å². The lowest BCUT2D eigenvalue weighted by Crippen LogP contribution is -2.37. The molecule has 2 aromatic carbocycles. The van der Waals surface area contributed by atoms with E-state index in [1.807, 2.05) is 6.07 Å². The van der Waals surface area contributed by atoms with Crippen LogP contribution in [0.1, 0.15) is 49.7 Å². The molecule has 1 N–H and O–H groups in total. The van der Waals surface area contributed by atoms with Crippen LogP contribution in [0.25, 0.3) is 0 Å². The van der Waals surface area contributed by atoms with Gasteiger partial charge in [-0.3, -0.25) is 4.79 Å². The van der Waals surface area contributed by atoms with Gasteiger partial charge in [0.2, 0.25) is 15.9 Å². The maximum atomic E-state index is 12.9. The molecule has 0 aromatic heterocycles. The average Bonchev–Trinajstić information content (AvgIpc) is 3.12. The molecule has 2 aliphatic rings. The van der Waals surface area contributed by atoms with Crippen molar-refractivity contribution in [2.45, 2.75) is 55.9 Å². The average molecular weight is 399 g/mol. The van der Waals surface area contributed by atoms with Gasteiger partial charge in [-0.15, -0.1) is 0 Å². The van der Waals surface area contributed by atoms with Gasteiger partial charge in [0.15, 0.2) is 0 Å². The molecule has 1 fully saturated rings. The van der Waals surface area contributed by atoms with Gasteiger partial charge >= 0.3 is 0 Å². The third-order valence-electron chi connectivity index (χ3n) is 5.96. The lowest BCUT2D eigenvalue weighted by molar-refractivity contribution is -0.116. The first kappa shape index (κ1) is 19.2. The molecule has 2 aromatic rings. The van der Waals surface area contributed by atoms with E-state index in [1.54, 1.807) is 23.1 Å². The predicted octanol–water partition coefficient (Wildman–Crippen LogP) is 3.60. The Kier molecular flexibility index (Phi) is 5.25. The van der Waals surface area contributed by atoms with Crippen LogP contribution in [0.15, 0.2) is 53.4 Å². The Balaban J connectivity index is 1.42. The van der Waals surface area contributed by atoms with Crippen LogP contribution in [0.4, 0.5) is 5.69 Å². The molecule has 28 heavy (non-hydrogen) atoms. The lowest BCUT2D eigenvalue weighted by Gasteiger charge is -2.29. The second-order valence-electron chi connectivity index (χ2n) is 7.79. The van der Waals surface area contributed by atoms with E-state index in [4.69, 9.17) is 0 Å². The largest absolute Gasteiger partial charge is 0.312 e. The molecule has 1 aliphatic heterocycles. The molecule has 0 saturated heterocycles. The molecule has 1 amide bonds. The van der Waals surface area contributed by atoms with Crippen molar-refractivity contribution in [2.75, 3.05) is 11.4 Å². The van der Waals surface area contributed by atoms with E-state index in [0.29, 0.717) is 23.8 Å². The van der Waals surface area contributed by atoms with Gasteiger partial charge in [0.05, 0.1) is 4.90 Å². The number of carbonyl (C=O) groups excluding carboxylic acids is 1. The number of carbonyl (C=O) groups is 1. The smallest absolute Gasteiger partial charge is 0.240 e. The molecule has 1 heterocycles. The van der Waals surface area contributed by atoms with E-state index < -0.39 is 10.0 Å². The number of nitrogens with one attached hydrogen (secondary N) is 1. The molecule has 4 rings (SSSR count). The first-order valence-electron chi connectivity index (χ1n) is 9.92. The Morgan fingerprint density at radius 1 is 1.04 bits per heavy atom. The fourth-order valence-corrected chi connectivity index (χ4v) is 5.78. The van der Waals surface area contributed by atoms with Crippen molar-refractivity contribution in [3.05, 3.63) is 59.7 Å². The molecule has 0 radical (unpaired) electrons. The second-order valence-corrected chi connectivity index (χ2v) is 9.51. The predicted molar refractivity (Wildman–Crippen MR) is 110 cm³/mol. The van der Waals surface area contributed by atoms with Gasteiger partial charge in [0.1, 0.15) is 0 Å². The highest BCUT2D eigenvalue weighted by molar-refractivity contribution is 7.89. The number of rotatable bonds is 4. The van der Waals surface area contributed by atoms with Crippen molar-refractivity contribution in [2.24, 2.45) is 0 Å². The molecule has 148 valence electrons. The number of hydrogen-bond acceptors (Lipinski definition) is 3. The number of nitrogens with zero attached hydrogens (tertiary/aromatic N) is 1. The number of amides is 1. The molecule has 5 nitrogen and oxygen atoms in total. The van der Waals surface area contributed by atoms with Crippen molar-refractivity contribution >= 4 is 21.6 Å². The highest BCUT2D eigenvalue weighted by atomic mass is 32.2. The Hall–Kier alpha value is -2.18. The molecule has 1 saturated carbocycles. The van der Waals surface area contributed by atoms with Crippen molar-refractivity contribution in [3.63, 3.8) is 0 Å². The monoisotopic (exact) mass is 398 g/mol. The van der Waals surface area contributed by atoms with Crippen LogP contribution in [0.3, 0.4) is 0 Å². The van der Waals surface area contributed by atoms with Crippen LogP contribution >= 0.6 is 0 Å². The van der Waals surface area contributed by atoms with Gasteiger partial charge in [-0.1, -0.05) is 30.3 Å². The van der Waals surface area contributed by atoms with Crippen molar-refractivity contribution in [1.29, 1.82) is 0 Å². The minimum absolute atomic E-state index is 0.0114. The topological polar surface area (TPSA) is 66.5 Å². The Morgan fingerprint density at radius 3 is 2.43 bits per heavy atom. The molecule has 1 aliphatic carbocycles. The summed E-state index contributed by atoms with van der Waals surface area (Å²) in [5, 5.41) is 0. The standard InChI is InChI=1S/C22H26N2O3S/c1-16(25)24-14-13-19-15-21(11-12-22(19)24)28(26,27)23-20-9-7-18(8-10-20)17-5-3-2-4-6-17/h2-6,11-12,15,18,20,23H,7-10,13-14H2,1H3. The molecule has 6 heteroatoms. The van der Waals surface area contributed by atoms with Crippen LogP contribution in [0.2, 0.25) is 0 Å². The van der Waals surface area contributed by atoms with Crippen LogP contribution in [0.5, 0.6) is 0 Å². The van der Waals surface area contributed by atoms with Crippen LogP contribution in [-0.4, -0.2) is 26.9 Å². The Morgan fingerprint density at radius 2 is 1.75 bits per heavy atom. The zero-order valence-corrected chi connectivity index (χ0v) is 16.9. The third kappa shape index (κ3) is 3.84. The maximum Gasteiger partial charge on any atom is 0.240 e. The van der Waals surface area contributed by atoms with Crippen LogP contribution in [0, 0.1) is 0 Å². The summed E-state index contributed by atoms with van der Waals surface area (Å²) in [4.78, 5) is 13.7. The van der Waals surface area contributed by atoms with Gasteiger partial charge < -0.3 is 4.90 Å².